The van der Waals surface area contributed by atoms with Gasteiger partial charge >= 0.3 is 0 Å². The second-order valence-electron chi connectivity index (χ2n) is 6.64. The van der Waals surface area contributed by atoms with Crippen molar-refractivity contribution in [3.63, 3.8) is 0 Å². The lowest BCUT2D eigenvalue weighted by Gasteiger charge is -2.32. The first-order chi connectivity index (χ1) is 11.0. The maximum atomic E-state index is 12.4. The molecule has 1 heterocycles. The molecule has 0 unspecified atom stereocenters. The highest BCUT2D eigenvalue weighted by Crippen LogP contribution is 2.23. The Labute approximate surface area is 139 Å². The summed E-state index contributed by atoms with van der Waals surface area (Å²) in [5, 5.41) is 3.19. The predicted octanol–water partition coefficient (Wildman–Crippen LogP) is 1.76. The van der Waals surface area contributed by atoms with Crippen LogP contribution in [0.5, 0.6) is 5.75 Å². The first kappa shape index (κ1) is 17.8. The van der Waals surface area contributed by atoms with Crippen LogP contribution < -0.4 is 10.1 Å². The van der Waals surface area contributed by atoms with Gasteiger partial charge in [0.2, 0.25) is 5.91 Å². The van der Waals surface area contributed by atoms with E-state index in [2.05, 4.69) is 36.0 Å². The second kappa shape index (κ2) is 8.31. The molecule has 1 aromatic rings. The molecule has 1 amide bonds. The third-order valence-corrected chi connectivity index (χ3v) is 4.42. The topological polar surface area (TPSA) is 44.8 Å². The van der Waals surface area contributed by atoms with Crippen LogP contribution >= 0.6 is 0 Å². The van der Waals surface area contributed by atoms with Gasteiger partial charge in [0.1, 0.15) is 5.75 Å². The Kier molecular flexibility index (Phi) is 6.42. The van der Waals surface area contributed by atoms with Crippen LogP contribution in [0.3, 0.4) is 0 Å². The van der Waals surface area contributed by atoms with Gasteiger partial charge in [-0.15, -0.1) is 0 Å². The molecule has 0 bridgehead atoms. The van der Waals surface area contributed by atoms with E-state index < -0.39 is 0 Å². The summed E-state index contributed by atoms with van der Waals surface area (Å²) in [6, 6.07) is 7.97. The van der Waals surface area contributed by atoms with Crippen molar-refractivity contribution < 1.29 is 9.53 Å². The zero-order valence-electron chi connectivity index (χ0n) is 14.7. The van der Waals surface area contributed by atoms with E-state index in [9.17, 15) is 4.79 Å². The molecule has 1 saturated heterocycles. The number of nitrogens with one attached hydrogen (secondary N) is 1. The van der Waals surface area contributed by atoms with Crippen molar-refractivity contribution in [3.8, 4) is 5.75 Å². The van der Waals surface area contributed by atoms with Crippen LogP contribution in [0.25, 0.3) is 0 Å². The highest BCUT2D eigenvalue weighted by molar-refractivity contribution is 5.78. The smallest absolute Gasteiger partial charge is 0.234 e. The zero-order valence-corrected chi connectivity index (χ0v) is 14.7. The second-order valence-corrected chi connectivity index (χ2v) is 6.64. The fraction of sp³-hybridized carbons (Fsp3) is 0.611. The molecule has 0 saturated carbocycles. The number of methoxy groups -OCH3 is 1. The number of rotatable bonds is 6. The third kappa shape index (κ3) is 5.22. The van der Waals surface area contributed by atoms with Gasteiger partial charge in [0.05, 0.1) is 19.7 Å². The van der Waals surface area contributed by atoms with E-state index in [0.29, 0.717) is 12.5 Å². The number of likely N-dealkylation sites (N-methyl/N-ethyl adjacent to an activating group) is 1. The molecule has 5 nitrogen and oxygen atoms in total. The highest BCUT2D eigenvalue weighted by Gasteiger charge is 2.21. The average Bonchev–Trinajstić information content (AvgIpc) is 2.55. The van der Waals surface area contributed by atoms with Crippen LogP contribution in [-0.2, 0) is 4.79 Å². The van der Waals surface area contributed by atoms with E-state index in [1.807, 2.05) is 24.3 Å². The SMILES string of the molecule is COc1ccc([C@@H](NC(=O)CN2CCN(C)CC2)C(C)C)cc1. The van der Waals surface area contributed by atoms with Crippen molar-refractivity contribution >= 4 is 5.91 Å². The number of carbonyl (C=O) groups excluding carboxylic acids is 1. The number of amides is 1. The molecule has 1 aromatic carbocycles. The normalized spacial score (nSPS) is 18.0. The summed E-state index contributed by atoms with van der Waals surface area (Å²) in [7, 11) is 3.78. The molecule has 0 radical (unpaired) electrons. The molecule has 5 heteroatoms. The van der Waals surface area contributed by atoms with E-state index in [1.54, 1.807) is 7.11 Å². The first-order valence-electron chi connectivity index (χ1n) is 8.34. The Morgan fingerprint density at radius 2 is 1.78 bits per heavy atom. The van der Waals surface area contributed by atoms with Gasteiger partial charge in [-0.2, -0.15) is 0 Å². The minimum absolute atomic E-state index is 0.0286. The molecule has 0 spiro atoms. The van der Waals surface area contributed by atoms with Crippen molar-refractivity contribution in [1.29, 1.82) is 0 Å². The van der Waals surface area contributed by atoms with Crippen molar-refractivity contribution in [1.82, 2.24) is 15.1 Å². The van der Waals surface area contributed by atoms with Gasteiger partial charge in [-0.1, -0.05) is 26.0 Å². The van der Waals surface area contributed by atoms with Crippen molar-refractivity contribution in [3.05, 3.63) is 29.8 Å². The molecular weight excluding hydrogens is 290 g/mol. The van der Waals surface area contributed by atoms with Gasteiger partial charge < -0.3 is 15.0 Å². The quantitative estimate of drug-likeness (QED) is 0.868. The van der Waals surface area contributed by atoms with E-state index in [0.717, 1.165) is 37.5 Å². The summed E-state index contributed by atoms with van der Waals surface area (Å²) in [5.74, 6) is 1.27. The number of nitrogens with zero attached hydrogens (tertiary/aromatic N) is 2. The predicted molar refractivity (Wildman–Crippen MR) is 92.7 cm³/mol. The number of piperazine rings is 1. The lowest BCUT2D eigenvalue weighted by Crippen LogP contribution is -2.48. The van der Waals surface area contributed by atoms with Crippen LogP contribution in [0.1, 0.15) is 25.5 Å². The van der Waals surface area contributed by atoms with Crippen LogP contribution in [0.2, 0.25) is 0 Å². The maximum absolute atomic E-state index is 12.4. The number of ether oxygens (including phenoxy) is 1. The summed E-state index contributed by atoms with van der Waals surface area (Å²) < 4.78 is 5.20. The fourth-order valence-electron chi connectivity index (χ4n) is 2.87. The molecule has 0 aliphatic carbocycles. The number of hydrogen-bond acceptors (Lipinski definition) is 4. The van der Waals surface area contributed by atoms with E-state index >= 15 is 0 Å². The lowest BCUT2D eigenvalue weighted by molar-refractivity contribution is -0.123. The monoisotopic (exact) mass is 319 g/mol. The molecule has 128 valence electrons. The molecule has 1 atom stereocenters. The Hall–Kier alpha value is -1.59. The summed E-state index contributed by atoms with van der Waals surface area (Å²) in [4.78, 5) is 16.9. The van der Waals surface area contributed by atoms with Gasteiger partial charge in [0.15, 0.2) is 0 Å². The Bertz CT molecular complexity index is 493. The molecule has 1 aliphatic rings. The van der Waals surface area contributed by atoms with Crippen molar-refractivity contribution in [2.24, 2.45) is 5.92 Å². The van der Waals surface area contributed by atoms with Gasteiger partial charge in [-0.25, -0.2) is 0 Å². The maximum Gasteiger partial charge on any atom is 0.234 e. The minimum Gasteiger partial charge on any atom is -0.497 e. The Morgan fingerprint density at radius 3 is 2.30 bits per heavy atom. The van der Waals surface area contributed by atoms with Crippen molar-refractivity contribution in [2.75, 3.05) is 46.9 Å². The highest BCUT2D eigenvalue weighted by atomic mass is 16.5. The molecule has 1 N–H and O–H groups in total. The fourth-order valence-corrected chi connectivity index (χ4v) is 2.87. The molecule has 23 heavy (non-hydrogen) atoms. The van der Waals surface area contributed by atoms with Gasteiger partial charge in [-0.3, -0.25) is 9.69 Å². The summed E-state index contributed by atoms with van der Waals surface area (Å²) in [5.41, 5.74) is 1.12. The van der Waals surface area contributed by atoms with Gasteiger partial charge in [0.25, 0.3) is 0 Å². The number of carbonyl (C=O) groups is 1. The van der Waals surface area contributed by atoms with E-state index in [-0.39, 0.29) is 11.9 Å². The van der Waals surface area contributed by atoms with Crippen molar-refractivity contribution in [2.45, 2.75) is 19.9 Å². The van der Waals surface area contributed by atoms with Crippen LogP contribution in [0, 0.1) is 5.92 Å². The molecule has 2 rings (SSSR count). The summed E-state index contributed by atoms with van der Waals surface area (Å²) >= 11 is 0. The van der Waals surface area contributed by atoms with Gasteiger partial charge in [-0.05, 0) is 30.7 Å². The summed E-state index contributed by atoms with van der Waals surface area (Å²) in [6.07, 6.45) is 0. The van der Waals surface area contributed by atoms with E-state index in [1.165, 1.54) is 0 Å². The molecule has 1 aliphatic heterocycles. The molecular formula is C18H29N3O2. The number of benzene rings is 1. The van der Waals surface area contributed by atoms with Gasteiger partial charge in [0, 0.05) is 26.2 Å². The lowest BCUT2D eigenvalue weighted by atomic mass is 9.96. The summed E-state index contributed by atoms with van der Waals surface area (Å²) in [6.45, 7) is 8.71. The third-order valence-electron chi connectivity index (χ3n) is 4.42. The molecule has 1 fully saturated rings. The number of hydrogen-bond donors (Lipinski definition) is 1. The van der Waals surface area contributed by atoms with Crippen LogP contribution in [-0.4, -0.2) is 62.6 Å². The Morgan fingerprint density at radius 1 is 1.17 bits per heavy atom. The standard InChI is InChI=1S/C18H29N3O2/c1-14(2)18(15-5-7-16(23-4)8-6-15)19-17(22)13-21-11-9-20(3)10-12-21/h5-8,14,18H,9-13H2,1-4H3,(H,19,22)/t18-/m0/s1. The van der Waals surface area contributed by atoms with E-state index in [4.69, 9.17) is 4.74 Å². The zero-order chi connectivity index (χ0) is 16.8. The average molecular weight is 319 g/mol. The van der Waals surface area contributed by atoms with Crippen LogP contribution in [0.4, 0.5) is 0 Å². The van der Waals surface area contributed by atoms with Crippen LogP contribution in [0.15, 0.2) is 24.3 Å². The Balaban J connectivity index is 1.94. The largest absolute Gasteiger partial charge is 0.497 e. The minimum atomic E-state index is 0.0286. The first-order valence-corrected chi connectivity index (χ1v) is 8.34. The molecule has 0 aromatic heterocycles.